The van der Waals surface area contributed by atoms with Crippen molar-refractivity contribution in [3.05, 3.63) is 23.7 Å². The maximum Gasteiger partial charge on any atom is 0.317 e. The first kappa shape index (κ1) is 16.8. The molecule has 0 aromatic carbocycles. The molecule has 26 heavy (non-hydrogen) atoms. The highest BCUT2D eigenvalue weighted by molar-refractivity contribution is 5.78. The Morgan fingerprint density at radius 2 is 2.19 bits per heavy atom. The van der Waals surface area contributed by atoms with Crippen molar-refractivity contribution in [3.8, 4) is 0 Å². The fraction of sp³-hybridized carbons (Fsp3) is 0.762. The molecule has 142 valence electrons. The van der Waals surface area contributed by atoms with Gasteiger partial charge in [-0.1, -0.05) is 13.3 Å². The summed E-state index contributed by atoms with van der Waals surface area (Å²) in [5, 5.41) is 10.7. The van der Waals surface area contributed by atoms with Crippen LogP contribution in [0.1, 0.15) is 56.3 Å². The molecule has 3 fully saturated rings. The number of fused-ring (bicyclic) bond motifs is 2. The van der Waals surface area contributed by atoms with Gasteiger partial charge in [0.05, 0.1) is 20.0 Å². The van der Waals surface area contributed by atoms with E-state index >= 15 is 0 Å². The monoisotopic (exact) mass is 360 g/mol. The summed E-state index contributed by atoms with van der Waals surface area (Å²) >= 11 is 0. The first-order valence-corrected chi connectivity index (χ1v) is 9.99. The number of aliphatic hydroxyl groups is 1. The average molecular weight is 360 g/mol. The summed E-state index contributed by atoms with van der Waals surface area (Å²) in [5.74, 6) is 2.44. The van der Waals surface area contributed by atoms with Crippen LogP contribution in [0.5, 0.6) is 0 Å². The minimum atomic E-state index is -1.05. The zero-order valence-electron chi connectivity index (χ0n) is 15.6. The van der Waals surface area contributed by atoms with Crippen LogP contribution in [0.2, 0.25) is 0 Å². The van der Waals surface area contributed by atoms with E-state index in [2.05, 4.69) is 13.0 Å². The third-order valence-corrected chi connectivity index (χ3v) is 8.43. The number of esters is 1. The van der Waals surface area contributed by atoms with Gasteiger partial charge in [0.1, 0.15) is 11.2 Å². The number of carbonyl (C=O) groups excluding carboxylic acids is 1. The van der Waals surface area contributed by atoms with Crippen molar-refractivity contribution in [1.82, 2.24) is 0 Å². The molecule has 5 heteroatoms. The highest BCUT2D eigenvalue weighted by Crippen LogP contribution is 2.68. The summed E-state index contributed by atoms with van der Waals surface area (Å²) < 4.78 is 16.9. The maximum absolute atomic E-state index is 12.9. The highest BCUT2D eigenvalue weighted by Gasteiger charge is 2.69. The molecule has 2 heterocycles. The summed E-state index contributed by atoms with van der Waals surface area (Å²) in [5.41, 5.74) is 0.392. The number of aliphatic hydroxyl groups excluding tert-OH is 1. The molecule has 1 aliphatic heterocycles. The van der Waals surface area contributed by atoms with E-state index in [-0.39, 0.29) is 17.3 Å². The molecule has 0 spiro atoms. The largest absolute Gasteiger partial charge is 0.469 e. The topological polar surface area (TPSA) is 68.9 Å². The Hall–Kier alpha value is -1.33. The summed E-state index contributed by atoms with van der Waals surface area (Å²) in [6, 6.07) is 2.13. The van der Waals surface area contributed by atoms with Crippen LogP contribution in [0.4, 0.5) is 0 Å². The van der Waals surface area contributed by atoms with Gasteiger partial charge < -0.3 is 19.0 Å². The van der Waals surface area contributed by atoms with Gasteiger partial charge in [0.25, 0.3) is 0 Å². The minimum absolute atomic E-state index is 0.0622. The molecule has 0 amide bonds. The number of rotatable bonds is 1. The van der Waals surface area contributed by atoms with Crippen LogP contribution in [-0.2, 0) is 20.7 Å². The number of carbonyl (C=O) groups is 1. The Bertz CT molecular complexity index is 726. The molecule has 1 aromatic heterocycles. The Morgan fingerprint density at radius 3 is 3.00 bits per heavy atom. The van der Waals surface area contributed by atoms with Gasteiger partial charge in [-0.15, -0.1) is 0 Å². The third kappa shape index (κ3) is 1.86. The zero-order valence-corrected chi connectivity index (χ0v) is 15.6. The van der Waals surface area contributed by atoms with E-state index in [0.717, 1.165) is 37.9 Å². The van der Waals surface area contributed by atoms with Crippen LogP contribution in [-0.4, -0.2) is 31.1 Å². The summed E-state index contributed by atoms with van der Waals surface area (Å²) in [6.45, 7) is 2.86. The molecule has 1 aromatic rings. The highest BCUT2D eigenvalue weighted by atomic mass is 16.6. The number of furan rings is 1. The number of methoxy groups -OCH3 is 1. The van der Waals surface area contributed by atoms with E-state index in [9.17, 15) is 9.90 Å². The van der Waals surface area contributed by atoms with Crippen LogP contribution >= 0.6 is 0 Å². The van der Waals surface area contributed by atoms with E-state index in [1.807, 2.05) is 6.26 Å². The molecule has 0 radical (unpaired) electrons. The Morgan fingerprint density at radius 1 is 1.35 bits per heavy atom. The van der Waals surface area contributed by atoms with Crippen LogP contribution in [0.15, 0.2) is 16.7 Å². The predicted molar refractivity (Wildman–Crippen MR) is 93.2 cm³/mol. The molecule has 3 aliphatic carbocycles. The van der Waals surface area contributed by atoms with Gasteiger partial charge in [-0.2, -0.15) is 0 Å². The molecule has 1 saturated heterocycles. The lowest BCUT2D eigenvalue weighted by molar-refractivity contribution is -0.309. The lowest BCUT2D eigenvalue weighted by Gasteiger charge is -2.65. The minimum Gasteiger partial charge on any atom is -0.469 e. The van der Waals surface area contributed by atoms with E-state index in [0.29, 0.717) is 30.8 Å². The van der Waals surface area contributed by atoms with Crippen LogP contribution < -0.4 is 0 Å². The van der Waals surface area contributed by atoms with E-state index < -0.39 is 11.7 Å². The SMILES string of the molecule is COC(=O)[C@]12CCC[C@]3(CO[C@@H]1O)[C@H]2CC[C@H]1[C@@H](C)c2ccoc2C[C@@H]13. The first-order valence-electron chi connectivity index (χ1n) is 9.99. The van der Waals surface area contributed by atoms with E-state index in [4.69, 9.17) is 13.9 Å². The number of ether oxygens (including phenoxy) is 2. The molecule has 7 atom stereocenters. The second-order valence-corrected chi connectivity index (χ2v) is 8.97. The third-order valence-electron chi connectivity index (χ3n) is 8.43. The second kappa shape index (κ2) is 5.59. The molecular weight excluding hydrogens is 332 g/mol. The van der Waals surface area contributed by atoms with E-state index in [1.165, 1.54) is 12.7 Å². The Balaban J connectivity index is 1.61. The van der Waals surface area contributed by atoms with Gasteiger partial charge in [0, 0.05) is 11.8 Å². The smallest absolute Gasteiger partial charge is 0.317 e. The van der Waals surface area contributed by atoms with Crippen molar-refractivity contribution in [2.75, 3.05) is 13.7 Å². The van der Waals surface area contributed by atoms with Gasteiger partial charge in [-0.25, -0.2) is 0 Å². The summed E-state index contributed by atoms with van der Waals surface area (Å²) in [4.78, 5) is 12.9. The Labute approximate surface area is 154 Å². The zero-order chi connectivity index (χ0) is 18.1. The molecule has 5 nitrogen and oxygen atoms in total. The predicted octanol–water partition coefficient (Wildman–Crippen LogP) is 3.26. The molecule has 5 rings (SSSR count). The maximum atomic E-state index is 12.9. The fourth-order valence-electron chi connectivity index (χ4n) is 7.35. The van der Waals surface area contributed by atoms with Crippen LogP contribution in [0.25, 0.3) is 0 Å². The van der Waals surface area contributed by atoms with Gasteiger partial charge in [0.15, 0.2) is 6.29 Å². The summed E-state index contributed by atoms with van der Waals surface area (Å²) in [7, 11) is 1.43. The molecule has 4 aliphatic rings. The van der Waals surface area contributed by atoms with Crippen molar-refractivity contribution in [1.29, 1.82) is 0 Å². The molecule has 2 bridgehead atoms. The lowest BCUT2D eigenvalue weighted by atomic mass is 9.41. The van der Waals surface area contributed by atoms with Gasteiger partial charge in [-0.05, 0) is 61.0 Å². The molecule has 2 saturated carbocycles. The van der Waals surface area contributed by atoms with E-state index in [1.54, 1.807) is 0 Å². The standard InChI is InChI=1S/C21H28O5/c1-12-13-4-5-17-20(15(13)10-16-14(12)6-9-25-16)7-3-8-21(17,18(22)24-2)19(23)26-11-20/h6,9,12-13,15,17,19,23H,3-5,7-8,10-11H2,1-2H3/t12-,13+,15+,17-,19+,20-,21-/m1/s1. The first-order chi connectivity index (χ1) is 12.5. The normalized spacial score (nSPS) is 46.7. The van der Waals surface area contributed by atoms with Gasteiger partial charge >= 0.3 is 5.97 Å². The summed E-state index contributed by atoms with van der Waals surface area (Å²) in [6.07, 6.45) is 6.40. The van der Waals surface area contributed by atoms with Crippen molar-refractivity contribution in [3.63, 3.8) is 0 Å². The van der Waals surface area contributed by atoms with Crippen LogP contribution in [0.3, 0.4) is 0 Å². The van der Waals surface area contributed by atoms with Crippen molar-refractivity contribution in [2.45, 2.75) is 57.7 Å². The van der Waals surface area contributed by atoms with Crippen molar-refractivity contribution in [2.24, 2.45) is 28.6 Å². The average Bonchev–Trinajstić information content (AvgIpc) is 3.13. The lowest BCUT2D eigenvalue weighted by Crippen LogP contribution is -2.68. The second-order valence-electron chi connectivity index (χ2n) is 8.97. The van der Waals surface area contributed by atoms with Crippen molar-refractivity contribution >= 4 is 5.97 Å². The Kier molecular flexibility index (Phi) is 3.61. The molecular formula is C21H28O5. The fourth-order valence-corrected chi connectivity index (χ4v) is 7.35. The quantitative estimate of drug-likeness (QED) is 0.779. The van der Waals surface area contributed by atoms with Gasteiger partial charge in [-0.3, -0.25) is 4.79 Å². The number of hydrogen-bond donors (Lipinski definition) is 1. The van der Waals surface area contributed by atoms with Crippen molar-refractivity contribution < 1.29 is 23.8 Å². The number of hydrogen-bond acceptors (Lipinski definition) is 5. The molecule has 0 unspecified atom stereocenters. The molecule has 1 N–H and O–H groups in total. The van der Waals surface area contributed by atoms with Crippen LogP contribution in [0, 0.1) is 28.6 Å². The van der Waals surface area contributed by atoms with Gasteiger partial charge in [0.2, 0.25) is 0 Å².